The third-order valence-corrected chi connectivity index (χ3v) is 4.11. The van der Waals surface area contributed by atoms with Gasteiger partial charge in [0.2, 0.25) is 0 Å². The van der Waals surface area contributed by atoms with Gasteiger partial charge in [0.05, 0.1) is 0 Å². The number of carbonyl (C=O) groups is 2. The van der Waals surface area contributed by atoms with E-state index in [1.165, 1.54) is 0 Å². The Morgan fingerprint density at radius 2 is 1.87 bits per heavy atom. The smallest absolute Gasteiger partial charge is 0.193 e. The molecule has 0 radical (unpaired) electrons. The average Bonchev–Trinajstić information content (AvgIpc) is 2.55. The average molecular weight is 438 g/mol. The number of hydrogen-bond donors (Lipinski definition) is 0. The quantitative estimate of drug-likeness (QED) is 0.271. The molecule has 0 amide bonds. The van der Waals surface area contributed by atoms with E-state index < -0.39 is 0 Å². The van der Waals surface area contributed by atoms with Gasteiger partial charge in [-0.1, -0.05) is 22.0 Å². The van der Waals surface area contributed by atoms with Gasteiger partial charge in [0.15, 0.2) is 17.1 Å². The summed E-state index contributed by atoms with van der Waals surface area (Å²) in [5, 5.41) is -0.292. The molecule has 0 bridgehead atoms. The van der Waals surface area contributed by atoms with Crippen LogP contribution in [0.15, 0.2) is 59.1 Å². The summed E-state index contributed by atoms with van der Waals surface area (Å²) >= 11 is 6.67. The van der Waals surface area contributed by atoms with E-state index in [9.17, 15) is 9.59 Å². The predicted molar refractivity (Wildman–Crippen MR) is 97.6 cm³/mol. The number of ketones is 1. The number of rotatable bonds is 6. The third-order valence-electron chi connectivity index (χ3n) is 3.09. The molecule has 1 unspecified atom stereocenters. The molecule has 3 nitrogen and oxygen atoms in total. The second kappa shape index (κ2) is 8.22. The zero-order valence-corrected chi connectivity index (χ0v) is 15.5. The highest BCUT2D eigenvalue weighted by Gasteiger charge is 2.15. The maximum absolute atomic E-state index is 12.5. The monoisotopic (exact) mass is 436 g/mol. The Balaban J connectivity index is 2.30. The highest BCUT2D eigenvalue weighted by atomic mass is 79.9. The molecule has 2 aromatic rings. The van der Waals surface area contributed by atoms with Gasteiger partial charge in [0.25, 0.3) is 0 Å². The van der Waals surface area contributed by atoms with Gasteiger partial charge < -0.3 is 4.74 Å². The molecular formula is C18H14Br2O3. The molecule has 0 spiro atoms. The molecule has 0 heterocycles. The van der Waals surface area contributed by atoms with Crippen molar-refractivity contribution in [3.63, 3.8) is 0 Å². The van der Waals surface area contributed by atoms with Gasteiger partial charge in [0, 0.05) is 21.2 Å². The summed E-state index contributed by atoms with van der Waals surface area (Å²) in [4.78, 5) is 23.9. The first-order chi connectivity index (χ1) is 11.0. The molecule has 0 saturated heterocycles. The summed E-state index contributed by atoms with van der Waals surface area (Å²) in [6, 6.07) is 11.9. The van der Waals surface area contributed by atoms with E-state index in [1.807, 2.05) is 19.1 Å². The van der Waals surface area contributed by atoms with Crippen molar-refractivity contribution in [2.45, 2.75) is 11.9 Å². The fraction of sp³-hybridized carbons (Fsp3) is 0.111. The summed E-state index contributed by atoms with van der Waals surface area (Å²) < 4.78 is 6.50. The summed E-state index contributed by atoms with van der Waals surface area (Å²) in [7, 11) is 0. The van der Waals surface area contributed by atoms with Crippen molar-refractivity contribution in [3.05, 3.63) is 75.8 Å². The van der Waals surface area contributed by atoms with Crippen LogP contribution in [0.4, 0.5) is 0 Å². The Hall–Kier alpha value is -1.72. The fourth-order valence-electron chi connectivity index (χ4n) is 2.00. The van der Waals surface area contributed by atoms with Gasteiger partial charge in [-0.05, 0) is 71.4 Å². The van der Waals surface area contributed by atoms with E-state index in [2.05, 4.69) is 31.9 Å². The first-order valence-corrected chi connectivity index (χ1v) is 8.59. The highest BCUT2D eigenvalue weighted by molar-refractivity contribution is 9.10. The molecule has 2 aromatic carbocycles. The van der Waals surface area contributed by atoms with Crippen LogP contribution in [0.25, 0.3) is 0 Å². The molecule has 0 N–H and O–H groups in total. The van der Waals surface area contributed by atoms with E-state index in [0.29, 0.717) is 28.7 Å². The van der Waals surface area contributed by atoms with Crippen LogP contribution in [-0.2, 0) is 0 Å². The molecule has 118 valence electrons. The zero-order valence-electron chi connectivity index (χ0n) is 12.3. The normalized spacial score (nSPS) is 12.1. The van der Waals surface area contributed by atoms with Crippen molar-refractivity contribution in [1.82, 2.24) is 0 Å². The minimum atomic E-state index is -0.292. The lowest BCUT2D eigenvalue weighted by Gasteiger charge is -2.11. The Morgan fingerprint density at radius 3 is 2.48 bits per heavy atom. The van der Waals surface area contributed by atoms with Gasteiger partial charge in [-0.3, -0.25) is 9.59 Å². The number of benzene rings is 2. The lowest BCUT2D eigenvalue weighted by molar-refractivity contribution is 0.102. The van der Waals surface area contributed by atoms with Gasteiger partial charge >= 0.3 is 0 Å². The summed E-state index contributed by atoms with van der Waals surface area (Å²) in [5.74, 6) is 0.314. The molecule has 0 fully saturated rings. The standard InChI is InChI=1S/C18H14Br2O3/c1-2-3-17(20)23-15-8-9-16(13(10-15)11-21)18(22)12-4-6-14(19)7-5-12/h2-11,17H,1H3. The van der Waals surface area contributed by atoms with Crippen molar-refractivity contribution in [2.75, 3.05) is 0 Å². The van der Waals surface area contributed by atoms with Gasteiger partial charge in [-0.2, -0.15) is 0 Å². The Labute approximate surface area is 151 Å². The second-order valence-corrected chi connectivity index (χ2v) is 6.52. The summed E-state index contributed by atoms with van der Waals surface area (Å²) in [5.41, 5.74) is 1.18. The highest BCUT2D eigenvalue weighted by Crippen LogP contribution is 2.22. The molecule has 0 aromatic heterocycles. The number of alkyl halides is 1. The molecular weight excluding hydrogens is 424 g/mol. The molecule has 0 aliphatic carbocycles. The first kappa shape index (κ1) is 17.6. The van der Waals surface area contributed by atoms with Crippen molar-refractivity contribution < 1.29 is 14.3 Å². The Kier molecular flexibility index (Phi) is 6.30. The molecule has 5 heteroatoms. The molecule has 23 heavy (non-hydrogen) atoms. The number of carbonyl (C=O) groups excluding carboxylic acids is 2. The van der Waals surface area contributed by atoms with Crippen molar-refractivity contribution in [2.24, 2.45) is 0 Å². The minimum Gasteiger partial charge on any atom is -0.475 e. The molecule has 0 aliphatic rings. The largest absolute Gasteiger partial charge is 0.475 e. The first-order valence-electron chi connectivity index (χ1n) is 6.88. The van der Waals surface area contributed by atoms with Crippen LogP contribution < -0.4 is 4.74 Å². The maximum atomic E-state index is 12.5. The number of aldehydes is 1. The van der Waals surface area contributed by atoms with E-state index in [0.717, 1.165) is 4.47 Å². The summed E-state index contributed by atoms with van der Waals surface area (Å²) in [6.45, 7) is 1.88. The van der Waals surface area contributed by atoms with E-state index >= 15 is 0 Å². The van der Waals surface area contributed by atoms with Gasteiger partial charge in [0.1, 0.15) is 5.75 Å². The number of ether oxygens (including phenoxy) is 1. The van der Waals surface area contributed by atoms with Crippen LogP contribution in [0.5, 0.6) is 5.75 Å². The fourth-order valence-corrected chi connectivity index (χ4v) is 2.78. The Morgan fingerprint density at radius 1 is 1.17 bits per heavy atom. The van der Waals surface area contributed by atoms with E-state index in [-0.39, 0.29) is 10.8 Å². The van der Waals surface area contributed by atoms with Crippen molar-refractivity contribution in [1.29, 1.82) is 0 Å². The van der Waals surface area contributed by atoms with Crippen LogP contribution in [-0.4, -0.2) is 17.1 Å². The van der Waals surface area contributed by atoms with Crippen molar-refractivity contribution in [3.8, 4) is 5.75 Å². The number of halogens is 2. The van der Waals surface area contributed by atoms with E-state index in [1.54, 1.807) is 42.5 Å². The third kappa shape index (κ3) is 4.62. The SMILES string of the molecule is CC=CC(Br)Oc1ccc(C(=O)c2ccc(Br)cc2)c(C=O)c1. The van der Waals surface area contributed by atoms with Gasteiger partial charge in [-0.15, -0.1) is 0 Å². The Bertz CT molecular complexity index is 736. The number of hydrogen-bond acceptors (Lipinski definition) is 3. The topological polar surface area (TPSA) is 43.4 Å². The van der Waals surface area contributed by atoms with Crippen LogP contribution in [0.2, 0.25) is 0 Å². The second-order valence-electron chi connectivity index (χ2n) is 4.70. The maximum Gasteiger partial charge on any atom is 0.193 e. The van der Waals surface area contributed by atoms with Crippen LogP contribution in [0.1, 0.15) is 33.2 Å². The zero-order chi connectivity index (χ0) is 16.8. The predicted octanol–water partition coefficient (Wildman–Crippen LogP) is 5.17. The van der Waals surface area contributed by atoms with E-state index in [4.69, 9.17) is 4.74 Å². The molecule has 0 saturated carbocycles. The summed E-state index contributed by atoms with van der Waals surface area (Å²) in [6.07, 6.45) is 4.34. The lowest BCUT2D eigenvalue weighted by Crippen LogP contribution is -2.08. The number of allylic oxidation sites excluding steroid dienone is 1. The minimum absolute atomic E-state index is 0.199. The molecule has 0 aliphatic heterocycles. The lowest BCUT2D eigenvalue weighted by atomic mass is 9.99. The van der Waals surface area contributed by atoms with Crippen LogP contribution in [0.3, 0.4) is 0 Å². The molecule has 1 atom stereocenters. The van der Waals surface area contributed by atoms with Crippen LogP contribution >= 0.6 is 31.9 Å². The van der Waals surface area contributed by atoms with Gasteiger partial charge in [-0.25, -0.2) is 0 Å². The van der Waals surface area contributed by atoms with Crippen LogP contribution in [0, 0.1) is 0 Å². The molecule has 2 rings (SSSR count). The van der Waals surface area contributed by atoms with Crippen molar-refractivity contribution >= 4 is 43.9 Å².